The molecule has 1 aromatic heterocycles. The van der Waals surface area contributed by atoms with Gasteiger partial charge < -0.3 is 23.9 Å². The van der Waals surface area contributed by atoms with Gasteiger partial charge in [-0.15, -0.1) is 0 Å². The minimum absolute atomic E-state index is 0.0831. The third kappa shape index (κ3) is 3.25. The Morgan fingerprint density at radius 3 is 2.78 bits per heavy atom. The Labute approximate surface area is 156 Å². The van der Waals surface area contributed by atoms with E-state index in [0.717, 1.165) is 24.2 Å². The Morgan fingerprint density at radius 1 is 1.22 bits per heavy atom. The lowest BCUT2D eigenvalue weighted by molar-refractivity contribution is -0.136. The number of hydrogen-bond donors (Lipinski definition) is 1. The highest BCUT2D eigenvalue weighted by Gasteiger charge is 2.34. The van der Waals surface area contributed by atoms with Crippen molar-refractivity contribution in [3.8, 4) is 11.5 Å². The van der Waals surface area contributed by atoms with Gasteiger partial charge in [0, 0.05) is 12.1 Å². The van der Waals surface area contributed by atoms with E-state index in [1.54, 1.807) is 11.8 Å². The van der Waals surface area contributed by atoms with E-state index in [1.807, 2.05) is 18.2 Å². The lowest BCUT2D eigenvalue weighted by Crippen LogP contribution is -2.31. The number of likely N-dealkylation sites (tertiary alicyclic amines) is 1. The molecule has 1 saturated heterocycles. The molecule has 1 unspecified atom stereocenters. The molecule has 4 rings (SSSR count). The molecule has 1 amide bonds. The van der Waals surface area contributed by atoms with Gasteiger partial charge >= 0.3 is 5.97 Å². The van der Waals surface area contributed by atoms with Crippen LogP contribution in [0.2, 0.25) is 0 Å². The minimum Gasteiger partial charge on any atom is -0.486 e. The molecule has 142 valence electrons. The van der Waals surface area contributed by atoms with Crippen LogP contribution < -0.4 is 9.47 Å². The SMILES string of the molecule is Cc1coc(CC(=O)O)c1C(=O)N1CCCC1c1ccc2c(c1)OCCO2. The summed E-state index contributed by atoms with van der Waals surface area (Å²) in [6.45, 7) is 3.43. The van der Waals surface area contributed by atoms with E-state index in [1.165, 1.54) is 6.26 Å². The van der Waals surface area contributed by atoms with Crippen LogP contribution in [-0.4, -0.2) is 41.6 Å². The van der Waals surface area contributed by atoms with E-state index in [-0.39, 0.29) is 24.1 Å². The second kappa shape index (κ2) is 6.98. The zero-order chi connectivity index (χ0) is 19.0. The molecular formula is C20H21NO6. The van der Waals surface area contributed by atoms with Gasteiger partial charge in [-0.05, 0) is 37.5 Å². The fraction of sp³-hybridized carbons (Fsp3) is 0.400. The molecule has 2 aliphatic rings. The summed E-state index contributed by atoms with van der Waals surface area (Å²) in [6.07, 6.45) is 2.87. The van der Waals surface area contributed by atoms with Gasteiger partial charge in [0.15, 0.2) is 11.5 Å². The highest BCUT2D eigenvalue weighted by atomic mass is 16.6. The number of carbonyl (C=O) groups excluding carboxylic acids is 1. The Bertz CT molecular complexity index is 887. The summed E-state index contributed by atoms with van der Waals surface area (Å²) >= 11 is 0. The maximum atomic E-state index is 13.2. The van der Waals surface area contributed by atoms with Crippen LogP contribution >= 0.6 is 0 Å². The fourth-order valence-electron chi connectivity index (χ4n) is 3.82. The maximum Gasteiger partial charge on any atom is 0.311 e. The number of carboxylic acid groups (broad SMARTS) is 1. The number of furan rings is 1. The Morgan fingerprint density at radius 2 is 2.00 bits per heavy atom. The molecule has 1 N–H and O–H groups in total. The number of nitrogens with zero attached hydrogens (tertiary/aromatic N) is 1. The van der Waals surface area contributed by atoms with Crippen molar-refractivity contribution < 1.29 is 28.6 Å². The van der Waals surface area contributed by atoms with Crippen molar-refractivity contribution in [2.45, 2.75) is 32.2 Å². The van der Waals surface area contributed by atoms with Crippen molar-refractivity contribution in [3.05, 3.63) is 46.9 Å². The first kappa shape index (κ1) is 17.5. The number of hydrogen-bond acceptors (Lipinski definition) is 5. The second-order valence-electron chi connectivity index (χ2n) is 6.85. The lowest BCUT2D eigenvalue weighted by Gasteiger charge is -2.27. The molecule has 2 aromatic rings. The topological polar surface area (TPSA) is 89.2 Å². The van der Waals surface area contributed by atoms with Crippen LogP contribution in [0.4, 0.5) is 0 Å². The average molecular weight is 371 g/mol. The third-order valence-electron chi connectivity index (χ3n) is 5.04. The van der Waals surface area contributed by atoms with Crippen molar-refractivity contribution >= 4 is 11.9 Å². The fourth-order valence-corrected chi connectivity index (χ4v) is 3.82. The van der Waals surface area contributed by atoms with Crippen LogP contribution in [0.5, 0.6) is 11.5 Å². The molecule has 0 aliphatic carbocycles. The van der Waals surface area contributed by atoms with E-state index in [4.69, 9.17) is 19.0 Å². The molecule has 1 fully saturated rings. The number of carbonyl (C=O) groups is 2. The largest absolute Gasteiger partial charge is 0.486 e. The van der Waals surface area contributed by atoms with Crippen molar-refractivity contribution in [2.24, 2.45) is 0 Å². The second-order valence-corrected chi connectivity index (χ2v) is 6.85. The summed E-state index contributed by atoms with van der Waals surface area (Å²) < 4.78 is 16.6. The number of rotatable bonds is 4. The molecule has 7 nitrogen and oxygen atoms in total. The molecule has 0 spiro atoms. The van der Waals surface area contributed by atoms with Crippen molar-refractivity contribution in [3.63, 3.8) is 0 Å². The minimum atomic E-state index is -1.02. The van der Waals surface area contributed by atoms with Crippen LogP contribution in [0.1, 0.15) is 46.1 Å². The van der Waals surface area contributed by atoms with E-state index in [0.29, 0.717) is 36.6 Å². The molecule has 1 aromatic carbocycles. The number of amides is 1. The Hall–Kier alpha value is -2.96. The monoisotopic (exact) mass is 371 g/mol. The van der Waals surface area contributed by atoms with E-state index < -0.39 is 5.97 Å². The normalized spacial score (nSPS) is 18.6. The summed E-state index contributed by atoms with van der Waals surface area (Å²) in [5, 5.41) is 9.08. The van der Waals surface area contributed by atoms with Crippen LogP contribution in [-0.2, 0) is 11.2 Å². The molecule has 7 heteroatoms. The van der Waals surface area contributed by atoms with Gasteiger partial charge in [-0.1, -0.05) is 6.07 Å². The first-order valence-corrected chi connectivity index (χ1v) is 9.04. The summed E-state index contributed by atoms with van der Waals surface area (Å²) in [6, 6.07) is 5.69. The number of aryl methyl sites for hydroxylation is 1. The van der Waals surface area contributed by atoms with Crippen molar-refractivity contribution in [1.82, 2.24) is 4.90 Å². The third-order valence-corrected chi connectivity index (χ3v) is 5.04. The van der Waals surface area contributed by atoms with Gasteiger partial charge in [-0.3, -0.25) is 9.59 Å². The zero-order valence-electron chi connectivity index (χ0n) is 15.1. The molecular weight excluding hydrogens is 350 g/mol. The molecule has 0 saturated carbocycles. The number of carboxylic acids is 1. The first-order chi connectivity index (χ1) is 13.0. The highest BCUT2D eigenvalue weighted by Crippen LogP contribution is 2.39. The number of benzene rings is 1. The molecule has 27 heavy (non-hydrogen) atoms. The van der Waals surface area contributed by atoms with Crippen LogP contribution in [0.15, 0.2) is 28.9 Å². The van der Waals surface area contributed by atoms with Crippen LogP contribution in [0, 0.1) is 6.92 Å². The van der Waals surface area contributed by atoms with Crippen molar-refractivity contribution in [1.29, 1.82) is 0 Å². The Kier molecular flexibility index (Phi) is 4.51. The number of fused-ring (bicyclic) bond motifs is 1. The van der Waals surface area contributed by atoms with Gasteiger partial charge in [0.25, 0.3) is 5.91 Å². The molecule has 2 aliphatic heterocycles. The van der Waals surface area contributed by atoms with Gasteiger partial charge in [0.1, 0.15) is 25.4 Å². The summed E-state index contributed by atoms with van der Waals surface area (Å²) in [5.41, 5.74) is 2.01. The van der Waals surface area contributed by atoms with E-state index in [9.17, 15) is 9.59 Å². The van der Waals surface area contributed by atoms with Gasteiger partial charge in [-0.25, -0.2) is 0 Å². The summed E-state index contributed by atoms with van der Waals surface area (Å²) in [7, 11) is 0. The average Bonchev–Trinajstić information content (AvgIpc) is 3.27. The highest BCUT2D eigenvalue weighted by molar-refractivity contribution is 5.97. The van der Waals surface area contributed by atoms with Crippen LogP contribution in [0.25, 0.3) is 0 Å². The molecule has 0 radical (unpaired) electrons. The standard InChI is InChI=1S/C20H21NO6/c1-12-11-27-17(10-18(22)23)19(12)20(24)21-6-2-3-14(21)13-4-5-15-16(9-13)26-8-7-25-15/h4-5,9,11,14H,2-3,6-8,10H2,1H3,(H,22,23). The predicted molar refractivity (Wildman–Crippen MR) is 95.2 cm³/mol. The quantitative estimate of drug-likeness (QED) is 0.889. The van der Waals surface area contributed by atoms with E-state index >= 15 is 0 Å². The van der Waals surface area contributed by atoms with Gasteiger partial charge in [0.2, 0.25) is 0 Å². The Balaban J connectivity index is 1.63. The number of ether oxygens (including phenoxy) is 2. The van der Waals surface area contributed by atoms with E-state index in [2.05, 4.69) is 0 Å². The summed E-state index contributed by atoms with van der Waals surface area (Å²) in [4.78, 5) is 26.1. The maximum absolute atomic E-state index is 13.2. The van der Waals surface area contributed by atoms with Gasteiger partial charge in [0.05, 0.1) is 17.9 Å². The van der Waals surface area contributed by atoms with Gasteiger partial charge in [-0.2, -0.15) is 0 Å². The molecule has 1 atom stereocenters. The summed E-state index contributed by atoms with van der Waals surface area (Å²) in [5.74, 6) is 0.412. The zero-order valence-corrected chi connectivity index (χ0v) is 15.1. The lowest BCUT2D eigenvalue weighted by atomic mass is 10.0. The smallest absolute Gasteiger partial charge is 0.311 e. The van der Waals surface area contributed by atoms with Crippen LogP contribution in [0.3, 0.4) is 0 Å². The van der Waals surface area contributed by atoms with Crippen molar-refractivity contribution in [2.75, 3.05) is 19.8 Å². The molecule has 0 bridgehead atoms. The number of aliphatic carboxylic acids is 1. The molecule has 3 heterocycles. The predicted octanol–water partition coefficient (Wildman–Crippen LogP) is 2.96. The first-order valence-electron chi connectivity index (χ1n) is 9.04.